The molecule has 2 aliphatic heterocycles. The molecule has 1 aromatic heterocycles. The molecule has 0 bridgehead atoms. The van der Waals surface area contributed by atoms with Gasteiger partial charge >= 0.3 is 0 Å². The second-order valence-electron chi connectivity index (χ2n) is 11.2. The number of hydrogen-bond acceptors (Lipinski definition) is 8. The number of methoxy groups -OCH3 is 2. The maximum Gasteiger partial charge on any atom is 0.255 e. The van der Waals surface area contributed by atoms with Crippen molar-refractivity contribution in [2.24, 2.45) is 0 Å². The molecule has 3 aliphatic rings. The van der Waals surface area contributed by atoms with E-state index in [1.54, 1.807) is 20.4 Å². The number of nitrogens with one attached hydrogen (secondary N) is 1. The molecule has 216 valence electrons. The Morgan fingerprint density at radius 3 is 2.56 bits per heavy atom. The molecule has 9 nitrogen and oxygen atoms in total. The van der Waals surface area contributed by atoms with Gasteiger partial charge in [-0.2, -0.15) is 0 Å². The summed E-state index contributed by atoms with van der Waals surface area (Å²) in [5.74, 6) is 2.06. The molecule has 3 aromatic rings. The first-order chi connectivity index (χ1) is 20.1. The van der Waals surface area contributed by atoms with Crippen LogP contribution in [0.5, 0.6) is 11.5 Å². The predicted octanol–water partition coefficient (Wildman–Crippen LogP) is 4.68. The summed E-state index contributed by atoms with van der Waals surface area (Å²) < 4.78 is 11.1. The summed E-state index contributed by atoms with van der Waals surface area (Å²) in [5, 5.41) is 3.34. The van der Waals surface area contributed by atoms with E-state index < -0.39 is 0 Å². The van der Waals surface area contributed by atoms with Crippen molar-refractivity contribution < 1.29 is 14.3 Å². The lowest BCUT2D eigenvalue weighted by atomic mass is 9.99. The van der Waals surface area contributed by atoms with Gasteiger partial charge in [-0.05, 0) is 68.5 Å². The largest absolute Gasteiger partial charge is 0.493 e. The SMILES string of the molecule is COc1ccc([C@@H](CCCNc2nccc(C)n2)N2Cc3c(cccc3N3CCN(C4CC4)CC3)C2=O)cc1OC. The minimum absolute atomic E-state index is 0.0910. The number of benzene rings is 2. The van der Waals surface area contributed by atoms with Crippen LogP contribution in [0.1, 0.15) is 58.9 Å². The summed E-state index contributed by atoms with van der Waals surface area (Å²) in [6.07, 6.45) is 6.07. The number of piperazine rings is 1. The lowest BCUT2D eigenvalue weighted by Crippen LogP contribution is -2.47. The van der Waals surface area contributed by atoms with Crippen LogP contribution in [-0.2, 0) is 6.54 Å². The average Bonchev–Trinajstić information content (AvgIpc) is 3.80. The van der Waals surface area contributed by atoms with E-state index >= 15 is 0 Å². The highest BCUT2D eigenvalue weighted by Gasteiger charge is 2.37. The van der Waals surface area contributed by atoms with Gasteiger partial charge < -0.3 is 24.6 Å². The van der Waals surface area contributed by atoms with Crippen LogP contribution in [0.3, 0.4) is 0 Å². The van der Waals surface area contributed by atoms with Gasteiger partial charge in [-0.3, -0.25) is 9.69 Å². The number of fused-ring (bicyclic) bond motifs is 1. The fourth-order valence-corrected chi connectivity index (χ4v) is 6.25. The van der Waals surface area contributed by atoms with E-state index in [9.17, 15) is 4.79 Å². The predicted molar refractivity (Wildman–Crippen MR) is 160 cm³/mol. The number of nitrogens with zero attached hydrogens (tertiary/aromatic N) is 5. The highest BCUT2D eigenvalue weighted by atomic mass is 16.5. The smallest absolute Gasteiger partial charge is 0.255 e. The Balaban J connectivity index is 1.22. The number of amides is 1. The molecular weight excluding hydrogens is 516 g/mol. The van der Waals surface area contributed by atoms with Crippen LogP contribution in [0.15, 0.2) is 48.7 Å². The maximum absolute atomic E-state index is 14.0. The molecule has 1 atom stereocenters. The number of hydrogen-bond donors (Lipinski definition) is 1. The molecule has 1 saturated heterocycles. The summed E-state index contributed by atoms with van der Waals surface area (Å²) in [6.45, 7) is 7.47. The molecule has 0 radical (unpaired) electrons. The average molecular weight is 557 g/mol. The lowest BCUT2D eigenvalue weighted by Gasteiger charge is -2.37. The number of carbonyl (C=O) groups excluding carboxylic acids is 1. The molecule has 1 N–H and O–H groups in total. The fraction of sp³-hybridized carbons (Fsp3) is 0.469. The molecular formula is C32H40N6O3. The van der Waals surface area contributed by atoms with Gasteiger partial charge in [0.25, 0.3) is 5.91 Å². The summed E-state index contributed by atoms with van der Waals surface area (Å²) in [7, 11) is 3.29. The first kappa shape index (κ1) is 27.3. The minimum Gasteiger partial charge on any atom is -0.493 e. The van der Waals surface area contributed by atoms with Crippen LogP contribution in [0.25, 0.3) is 0 Å². The molecule has 2 fully saturated rings. The summed E-state index contributed by atoms with van der Waals surface area (Å²) in [6, 6.07) is 14.8. The van der Waals surface area contributed by atoms with Gasteiger partial charge in [-0.1, -0.05) is 12.1 Å². The molecule has 9 heteroatoms. The van der Waals surface area contributed by atoms with Crippen LogP contribution >= 0.6 is 0 Å². The minimum atomic E-state index is -0.116. The number of aromatic nitrogens is 2. The van der Waals surface area contributed by atoms with Crippen molar-refractivity contribution in [1.29, 1.82) is 0 Å². The maximum atomic E-state index is 14.0. The van der Waals surface area contributed by atoms with E-state index in [4.69, 9.17) is 9.47 Å². The molecule has 1 aliphatic carbocycles. The zero-order valence-electron chi connectivity index (χ0n) is 24.3. The van der Waals surface area contributed by atoms with E-state index in [0.29, 0.717) is 30.5 Å². The second-order valence-corrected chi connectivity index (χ2v) is 11.2. The highest BCUT2D eigenvalue weighted by Crippen LogP contribution is 2.40. The zero-order valence-corrected chi connectivity index (χ0v) is 24.3. The van der Waals surface area contributed by atoms with Gasteiger partial charge in [0, 0.05) is 74.0 Å². The molecule has 3 heterocycles. The Bertz CT molecular complexity index is 1390. The second kappa shape index (κ2) is 11.9. The summed E-state index contributed by atoms with van der Waals surface area (Å²) >= 11 is 0. The first-order valence-electron chi connectivity index (χ1n) is 14.7. The van der Waals surface area contributed by atoms with E-state index in [1.807, 2.05) is 42.2 Å². The van der Waals surface area contributed by atoms with E-state index in [1.165, 1.54) is 18.5 Å². The molecule has 2 aromatic carbocycles. The Hall–Kier alpha value is -3.85. The van der Waals surface area contributed by atoms with Crippen LogP contribution in [0.4, 0.5) is 11.6 Å². The van der Waals surface area contributed by atoms with Crippen molar-refractivity contribution in [3.8, 4) is 11.5 Å². The molecule has 1 saturated carbocycles. The normalized spacial score (nSPS) is 17.9. The molecule has 0 unspecified atom stereocenters. The third-order valence-electron chi connectivity index (χ3n) is 8.59. The van der Waals surface area contributed by atoms with Crippen molar-refractivity contribution in [3.63, 3.8) is 0 Å². The summed E-state index contributed by atoms with van der Waals surface area (Å²) in [5.41, 5.74) is 5.14. The van der Waals surface area contributed by atoms with E-state index in [0.717, 1.165) is 67.4 Å². The van der Waals surface area contributed by atoms with Crippen LogP contribution in [-0.4, -0.2) is 78.7 Å². The third-order valence-corrected chi connectivity index (χ3v) is 8.59. The van der Waals surface area contributed by atoms with Gasteiger partial charge in [0.1, 0.15) is 0 Å². The Kier molecular flexibility index (Phi) is 7.96. The molecule has 6 rings (SSSR count). The van der Waals surface area contributed by atoms with E-state index in [-0.39, 0.29) is 11.9 Å². The lowest BCUT2D eigenvalue weighted by molar-refractivity contribution is 0.0690. The Morgan fingerprint density at radius 1 is 1.02 bits per heavy atom. The van der Waals surface area contributed by atoms with Crippen LogP contribution in [0.2, 0.25) is 0 Å². The number of ether oxygens (including phenoxy) is 2. The monoisotopic (exact) mass is 556 g/mol. The van der Waals surface area contributed by atoms with Gasteiger partial charge in [-0.15, -0.1) is 0 Å². The van der Waals surface area contributed by atoms with Crippen molar-refractivity contribution in [1.82, 2.24) is 19.8 Å². The van der Waals surface area contributed by atoms with Gasteiger partial charge in [0.2, 0.25) is 5.95 Å². The van der Waals surface area contributed by atoms with Gasteiger partial charge in [0.05, 0.1) is 20.3 Å². The van der Waals surface area contributed by atoms with Crippen LogP contribution < -0.4 is 19.7 Å². The number of aryl methyl sites for hydroxylation is 1. The Labute approximate surface area is 242 Å². The first-order valence-corrected chi connectivity index (χ1v) is 14.7. The summed E-state index contributed by atoms with van der Waals surface area (Å²) in [4.78, 5) is 29.9. The number of anilines is 2. The van der Waals surface area contributed by atoms with Gasteiger partial charge in [-0.25, -0.2) is 9.97 Å². The standard InChI is InChI=1S/C32H40N6O3/c1-22-13-15-34-32(35-22)33-14-5-8-27(23-9-12-29(40-2)30(20-23)41-3)38-21-26-25(31(38)39)6-4-7-28(26)37-18-16-36(17-19-37)24-10-11-24/h4,6-7,9,12-13,15,20,24,27H,5,8,10-11,14,16-19,21H2,1-3H3,(H,33,34,35)/t27-/m1/s1. The van der Waals surface area contributed by atoms with Crippen molar-refractivity contribution >= 4 is 17.5 Å². The Morgan fingerprint density at radius 2 is 1.83 bits per heavy atom. The highest BCUT2D eigenvalue weighted by molar-refractivity contribution is 6.00. The van der Waals surface area contributed by atoms with Crippen LogP contribution in [0, 0.1) is 6.92 Å². The van der Waals surface area contributed by atoms with Crippen molar-refractivity contribution in [2.75, 3.05) is 57.2 Å². The fourth-order valence-electron chi connectivity index (χ4n) is 6.25. The molecule has 0 spiro atoms. The van der Waals surface area contributed by atoms with Crippen molar-refractivity contribution in [3.05, 3.63) is 71.0 Å². The van der Waals surface area contributed by atoms with E-state index in [2.05, 4.69) is 37.2 Å². The number of rotatable bonds is 11. The molecule has 1 amide bonds. The zero-order chi connectivity index (χ0) is 28.3. The third kappa shape index (κ3) is 5.81. The number of carbonyl (C=O) groups is 1. The van der Waals surface area contributed by atoms with Gasteiger partial charge in [0.15, 0.2) is 11.5 Å². The quantitative estimate of drug-likeness (QED) is 0.341. The molecule has 41 heavy (non-hydrogen) atoms. The topological polar surface area (TPSA) is 83.1 Å². The van der Waals surface area contributed by atoms with Crippen molar-refractivity contribution in [2.45, 2.75) is 51.2 Å².